The molecule has 3 rings (SSSR count). The van der Waals surface area contributed by atoms with Crippen LogP contribution in [0.5, 0.6) is 0 Å². The fourth-order valence-corrected chi connectivity index (χ4v) is 3.91. The van der Waals surface area contributed by atoms with Gasteiger partial charge in [0, 0.05) is 13.2 Å². The molecule has 116 valence electrons. The zero-order chi connectivity index (χ0) is 14.7. The predicted octanol–water partition coefficient (Wildman–Crippen LogP) is 4.12. The second-order valence-electron chi connectivity index (χ2n) is 6.92. The minimum absolute atomic E-state index is 0.176. The van der Waals surface area contributed by atoms with Crippen molar-refractivity contribution >= 4 is 0 Å². The Kier molecular flexibility index (Phi) is 4.66. The maximum Gasteiger partial charge on any atom is 0.0693 e. The highest BCUT2D eigenvalue weighted by Gasteiger charge is 2.48. The third-order valence-electron chi connectivity index (χ3n) is 5.53. The van der Waals surface area contributed by atoms with Gasteiger partial charge in [0.25, 0.3) is 0 Å². The van der Waals surface area contributed by atoms with E-state index in [0.717, 1.165) is 18.4 Å². The van der Waals surface area contributed by atoms with E-state index < -0.39 is 0 Å². The number of rotatable bonds is 8. The maximum atomic E-state index is 5.86. The smallest absolute Gasteiger partial charge is 0.0693 e. The molecule has 2 fully saturated rings. The van der Waals surface area contributed by atoms with E-state index in [1.807, 2.05) is 7.11 Å². The van der Waals surface area contributed by atoms with E-state index in [1.54, 1.807) is 0 Å². The lowest BCUT2D eigenvalue weighted by Gasteiger charge is -2.43. The fraction of sp³-hybridized carbons (Fsp3) is 0.684. The summed E-state index contributed by atoms with van der Waals surface area (Å²) in [4.78, 5) is 0. The number of nitrogens with one attached hydrogen (secondary N) is 1. The standard InChI is InChI=1S/C19H29NO/c1-3-12-20-18(14-19(21-2)10-7-11-19)17-13-16(17)15-8-5-4-6-9-15/h4-6,8-9,16-18,20H,3,7,10-14H2,1-2H3. The first kappa shape index (κ1) is 15.1. The van der Waals surface area contributed by atoms with Crippen molar-refractivity contribution < 1.29 is 4.74 Å². The van der Waals surface area contributed by atoms with Crippen LogP contribution in [0.25, 0.3) is 0 Å². The Bertz CT molecular complexity index is 435. The highest BCUT2D eigenvalue weighted by Crippen LogP contribution is 2.52. The summed E-state index contributed by atoms with van der Waals surface area (Å²) in [6.07, 6.45) is 7.57. The van der Waals surface area contributed by atoms with E-state index in [-0.39, 0.29) is 5.60 Å². The largest absolute Gasteiger partial charge is 0.378 e. The fourth-order valence-electron chi connectivity index (χ4n) is 3.91. The third kappa shape index (κ3) is 3.32. The molecule has 0 saturated heterocycles. The van der Waals surface area contributed by atoms with Gasteiger partial charge in [0.15, 0.2) is 0 Å². The molecule has 2 heteroatoms. The van der Waals surface area contributed by atoms with Crippen LogP contribution < -0.4 is 5.32 Å². The van der Waals surface area contributed by atoms with Crippen molar-refractivity contribution in [3.05, 3.63) is 35.9 Å². The van der Waals surface area contributed by atoms with Crippen LogP contribution in [0, 0.1) is 5.92 Å². The number of hydrogen-bond donors (Lipinski definition) is 1. The lowest BCUT2D eigenvalue weighted by Crippen LogP contribution is -2.47. The van der Waals surface area contributed by atoms with Crippen molar-refractivity contribution in [1.82, 2.24) is 5.32 Å². The van der Waals surface area contributed by atoms with Gasteiger partial charge in [-0.05, 0) is 62.5 Å². The van der Waals surface area contributed by atoms with Crippen molar-refractivity contribution in [2.45, 2.75) is 63.0 Å². The van der Waals surface area contributed by atoms with E-state index in [1.165, 1.54) is 44.1 Å². The van der Waals surface area contributed by atoms with Gasteiger partial charge in [0.2, 0.25) is 0 Å². The molecule has 0 bridgehead atoms. The molecule has 1 aromatic carbocycles. The van der Waals surface area contributed by atoms with Crippen LogP contribution in [0.3, 0.4) is 0 Å². The third-order valence-corrected chi connectivity index (χ3v) is 5.53. The van der Waals surface area contributed by atoms with Gasteiger partial charge >= 0.3 is 0 Å². The van der Waals surface area contributed by atoms with Gasteiger partial charge < -0.3 is 10.1 Å². The van der Waals surface area contributed by atoms with Gasteiger partial charge in [-0.15, -0.1) is 0 Å². The molecular weight excluding hydrogens is 258 g/mol. The van der Waals surface area contributed by atoms with Crippen molar-refractivity contribution in [2.24, 2.45) is 5.92 Å². The average Bonchev–Trinajstić information content (AvgIpc) is 3.27. The number of hydrogen-bond acceptors (Lipinski definition) is 2. The van der Waals surface area contributed by atoms with Crippen LogP contribution in [0.4, 0.5) is 0 Å². The summed E-state index contributed by atoms with van der Waals surface area (Å²) in [6, 6.07) is 11.6. The first-order valence-electron chi connectivity index (χ1n) is 8.61. The quantitative estimate of drug-likeness (QED) is 0.776. The molecule has 3 unspecified atom stereocenters. The van der Waals surface area contributed by atoms with Gasteiger partial charge in [0.1, 0.15) is 0 Å². The molecule has 3 atom stereocenters. The molecule has 0 amide bonds. The molecule has 0 radical (unpaired) electrons. The molecule has 0 heterocycles. The van der Waals surface area contributed by atoms with Crippen molar-refractivity contribution in [3.63, 3.8) is 0 Å². The Morgan fingerprint density at radius 2 is 2.05 bits per heavy atom. The van der Waals surface area contributed by atoms with Crippen molar-refractivity contribution in [1.29, 1.82) is 0 Å². The van der Waals surface area contributed by atoms with Crippen LogP contribution in [0.2, 0.25) is 0 Å². The Labute approximate surface area is 129 Å². The topological polar surface area (TPSA) is 21.3 Å². The normalized spacial score (nSPS) is 27.9. The summed E-state index contributed by atoms with van der Waals surface area (Å²) in [7, 11) is 1.90. The van der Waals surface area contributed by atoms with Crippen LogP contribution in [0.1, 0.15) is 56.9 Å². The van der Waals surface area contributed by atoms with Crippen molar-refractivity contribution in [3.8, 4) is 0 Å². The molecule has 2 aliphatic rings. The Balaban J connectivity index is 1.63. The minimum atomic E-state index is 0.176. The Hall–Kier alpha value is -0.860. The molecule has 0 spiro atoms. The first-order chi connectivity index (χ1) is 10.3. The molecule has 2 nitrogen and oxygen atoms in total. The number of ether oxygens (including phenoxy) is 1. The van der Waals surface area contributed by atoms with E-state index in [4.69, 9.17) is 4.74 Å². The molecular formula is C19H29NO. The predicted molar refractivity (Wildman–Crippen MR) is 87.6 cm³/mol. The number of benzene rings is 1. The molecule has 1 aromatic rings. The van der Waals surface area contributed by atoms with Crippen LogP contribution in [-0.2, 0) is 4.74 Å². The molecule has 0 aliphatic heterocycles. The highest BCUT2D eigenvalue weighted by atomic mass is 16.5. The monoisotopic (exact) mass is 287 g/mol. The minimum Gasteiger partial charge on any atom is -0.378 e. The second kappa shape index (κ2) is 6.50. The van der Waals surface area contributed by atoms with Crippen LogP contribution >= 0.6 is 0 Å². The van der Waals surface area contributed by atoms with E-state index in [9.17, 15) is 0 Å². The Morgan fingerprint density at radius 3 is 2.62 bits per heavy atom. The SMILES string of the molecule is CCCNC(CC1(OC)CCC1)C1CC1c1ccccc1. The van der Waals surface area contributed by atoms with Gasteiger partial charge in [0.05, 0.1) is 5.60 Å². The molecule has 2 saturated carbocycles. The molecule has 21 heavy (non-hydrogen) atoms. The highest BCUT2D eigenvalue weighted by molar-refractivity contribution is 5.27. The summed E-state index contributed by atoms with van der Waals surface area (Å²) in [6.45, 7) is 3.38. The summed E-state index contributed by atoms with van der Waals surface area (Å²) >= 11 is 0. The van der Waals surface area contributed by atoms with E-state index >= 15 is 0 Å². The molecule has 2 aliphatic carbocycles. The van der Waals surface area contributed by atoms with E-state index in [2.05, 4.69) is 42.6 Å². The summed E-state index contributed by atoms with van der Waals surface area (Å²) < 4.78 is 5.86. The zero-order valence-corrected chi connectivity index (χ0v) is 13.5. The maximum absolute atomic E-state index is 5.86. The van der Waals surface area contributed by atoms with Gasteiger partial charge in [-0.1, -0.05) is 37.3 Å². The number of methoxy groups -OCH3 is 1. The molecule has 0 aromatic heterocycles. The second-order valence-corrected chi connectivity index (χ2v) is 6.92. The van der Waals surface area contributed by atoms with Crippen molar-refractivity contribution in [2.75, 3.05) is 13.7 Å². The first-order valence-corrected chi connectivity index (χ1v) is 8.61. The van der Waals surface area contributed by atoms with Crippen LogP contribution in [0.15, 0.2) is 30.3 Å². The lowest BCUT2D eigenvalue weighted by atomic mass is 9.74. The summed E-state index contributed by atoms with van der Waals surface area (Å²) in [5.74, 6) is 1.56. The summed E-state index contributed by atoms with van der Waals surface area (Å²) in [5.41, 5.74) is 1.70. The van der Waals surface area contributed by atoms with E-state index in [0.29, 0.717) is 6.04 Å². The van der Waals surface area contributed by atoms with Gasteiger partial charge in [-0.3, -0.25) is 0 Å². The zero-order valence-electron chi connectivity index (χ0n) is 13.5. The Morgan fingerprint density at radius 1 is 1.29 bits per heavy atom. The summed E-state index contributed by atoms with van der Waals surface area (Å²) in [5, 5.41) is 3.81. The van der Waals surface area contributed by atoms with Crippen LogP contribution in [-0.4, -0.2) is 25.3 Å². The molecule has 1 N–H and O–H groups in total. The van der Waals surface area contributed by atoms with Gasteiger partial charge in [-0.25, -0.2) is 0 Å². The average molecular weight is 287 g/mol. The van der Waals surface area contributed by atoms with Gasteiger partial charge in [-0.2, -0.15) is 0 Å². The lowest BCUT2D eigenvalue weighted by molar-refractivity contribution is -0.0848.